The van der Waals surface area contributed by atoms with E-state index in [1.54, 1.807) is 25.6 Å². The van der Waals surface area contributed by atoms with Gasteiger partial charge in [-0.05, 0) is 97.9 Å². The van der Waals surface area contributed by atoms with Crippen molar-refractivity contribution in [2.45, 2.75) is 45.8 Å². The zero-order chi connectivity index (χ0) is 25.7. The number of nitrogens with one attached hydrogen (secondary N) is 1. The first-order valence-electron chi connectivity index (χ1n) is 12.4. The van der Waals surface area contributed by atoms with Crippen LogP contribution >= 0.6 is 19.4 Å². The number of aryl methyl sites for hydroxylation is 3. The van der Waals surface area contributed by atoms with Crippen LogP contribution in [0.15, 0.2) is 60.7 Å². The largest absolute Gasteiger partial charge is 0.361 e. The quantitative estimate of drug-likeness (QED) is 0.314. The van der Waals surface area contributed by atoms with Crippen LogP contribution in [0, 0.1) is 13.8 Å². The molecule has 0 bridgehead atoms. The number of anilines is 1. The second kappa shape index (κ2) is 11.8. The van der Waals surface area contributed by atoms with Crippen LogP contribution in [0.4, 0.5) is 5.69 Å². The number of fused-ring (bicyclic) bond motifs is 1. The minimum absolute atomic E-state index is 0.0152. The van der Waals surface area contributed by atoms with Gasteiger partial charge in [-0.15, -0.1) is 11.8 Å². The first-order valence-corrected chi connectivity index (χ1v) is 15.0. The molecule has 0 saturated carbocycles. The van der Waals surface area contributed by atoms with Crippen LogP contribution in [0.25, 0.3) is 0 Å². The molecule has 1 N–H and O–H groups in total. The van der Waals surface area contributed by atoms with Gasteiger partial charge in [0.15, 0.2) is 0 Å². The Morgan fingerprint density at radius 2 is 1.67 bits per heavy atom. The zero-order valence-electron chi connectivity index (χ0n) is 21.4. The number of hydrogen-bond acceptors (Lipinski definition) is 5. The summed E-state index contributed by atoms with van der Waals surface area (Å²) in [5, 5.41) is 3.54. The van der Waals surface area contributed by atoms with Crippen molar-refractivity contribution in [2.24, 2.45) is 0 Å². The fraction of sp³-hybridized carbons (Fsp3) is 0.345. The lowest BCUT2D eigenvalue weighted by atomic mass is 9.95. The smallest absolute Gasteiger partial charge is 0.325 e. The Balaban J connectivity index is 1.52. The Kier molecular flexibility index (Phi) is 8.74. The Hall–Kier alpha value is -2.37. The predicted molar refractivity (Wildman–Crippen MR) is 150 cm³/mol. The van der Waals surface area contributed by atoms with Crippen molar-refractivity contribution in [3.8, 4) is 0 Å². The number of thioether (sulfide) groups is 1. The monoisotopic (exact) mass is 523 g/mol. The van der Waals surface area contributed by atoms with Crippen molar-refractivity contribution in [2.75, 3.05) is 24.3 Å². The van der Waals surface area contributed by atoms with Gasteiger partial charge in [0, 0.05) is 5.69 Å². The third-order valence-electron chi connectivity index (χ3n) is 6.45. The van der Waals surface area contributed by atoms with Crippen LogP contribution in [0.2, 0.25) is 0 Å². The second-order valence-corrected chi connectivity index (χ2v) is 12.2. The first-order chi connectivity index (χ1) is 17.3. The van der Waals surface area contributed by atoms with Gasteiger partial charge in [-0.3, -0.25) is 9.36 Å². The topological polar surface area (TPSA) is 64.6 Å². The van der Waals surface area contributed by atoms with E-state index in [1.807, 2.05) is 48.5 Å². The molecule has 5 nitrogen and oxygen atoms in total. The van der Waals surface area contributed by atoms with Crippen LogP contribution in [0.3, 0.4) is 0 Å². The normalized spacial score (nSPS) is 15.4. The van der Waals surface area contributed by atoms with Gasteiger partial charge in [0.25, 0.3) is 0 Å². The standard InChI is InChI=1S/C29H34NO4PS/c1-5-33-35(32,34-6-2)25-13-11-22(12-14-25)19-24-9-7-8-10-27(24)30-29(31)28-26-18-21(4)20(3)17-23(26)15-16-36-28/h7-14,17-18,28H,5-6,15-16,19H2,1-4H3,(H,30,31). The summed E-state index contributed by atoms with van der Waals surface area (Å²) < 4.78 is 24.0. The summed E-state index contributed by atoms with van der Waals surface area (Å²) in [6.45, 7) is 8.47. The summed E-state index contributed by atoms with van der Waals surface area (Å²) in [4.78, 5) is 13.4. The highest BCUT2D eigenvalue weighted by Gasteiger charge is 2.29. The average Bonchev–Trinajstić information content (AvgIpc) is 2.86. The molecule has 3 aromatic rings. The summed E-state index contributed by atoms with van der Waals surface area (Å²) in [5.74, 6) is 0.955. The van der Waals surface area contributed by atoms with Gasteiger partial charge >= 0.3 is 7.60 Å². The van der Waals surface area contributed by atoms with Crippen molar-refractivity contribution < 1.29 is 18.4 Å². The first kappa shape index (κ1) is 26.7. The van der Waals surface area contributed by atoms with E-state index in [2.05, 4.69) is 31.3 Å². The lowest BCUT2D eigenvalue weighted by Gasteiger charge is -2.26. The molecule has 4 rings (SSSR count). The van der Waals surface area contributed by atoms with E-state index in [0.717, 1.165) is 34.6 Å². The summed E-state index contributed by atoms with van der Waals surface area (Å²) in [6, 6.07) is 19.8. The highest BCUT2D eigenvalue weighted by Crippen LogP contribution is 2.46. The molecule has 0 aliphatic carbocycles. The molecule has 1 heterocycles. The number of carbonyl (C=O) groups is 1. The second-order valence-electron chi connectivity index (χ2n) is 8.96. The Morgan fingerprint density at radius 3 is 2.36 bits per heavy atom. The zero-order valence-corrected chi connectivity index (χ0v) is 23.1. The lowest BCUT2D eigenvalue weighted by Crippen LogP contribution is -2.24. The summed E-state index contributed by atoms with van der Waals surface area (Å²) in [7, 11) is -3.31. The molecule has 1 atom stereocenters. The van der Waals surface area contributed by atoms with Crippen molar-refractivity contribution in [1.82, 2.24) is 0 Å². The number of hydrogen-bond donors (Lipinski definition) is 1. The number of amides is 1. The number of para-hydroxylation sites is 1. The van der Waals surface area contributed by atoms with E-state index < -0.39 is 7.60 Å². The Bertz CT molecular complexity index is 1260. The number of rotatable bonds is 9. The van der Waals surface area contributed by atoms with Crippen molar-refractivity contribution in [3.63, 3.8) is 0 Å². The van der Waals surface area contributed by atoms with Gasteiger partial charge in [0.05, 0.1) is 18.5 Å². The summed E-state index contributed by atoms with van der Waals surface area (Å²) in [5.41, 5.74) is 7.79. The van der Waals surface area contributed by atoms with E-state index in [4.69, 9.17) is 9.05 Å². The van der Waals surface area contributed by atoms with E-state index in [1.165, 1.54) is 16.7 Å². The van der Waals surface area contributed by atoms with Gasteiger partial charge in [-0.25, -0.2) is 0 Å². The van der Waals surface area contributed by atoms with E-state index in [0.29, 0.717) is 24.9 Å². The van der Waals surface area contributed by atoms with Gasteiger partial charge < -0.3 is 14.4 Å². The molecular formula is C29H34NO4PS. The van der Waals surface area contributed by atoms with Crippen LogP contribution in [-0.4, -0.2) is 24.9 Å². The molecule has 36 heavy (non-hydrogen) atoms. The molecule has 1 aliphatic rings. The van der Waals surface area contributed by atoms with Crippen LogP contribution in [0.1, 0.15) is 52.5 Å². The maximum absolute atomic E-state index is 13.4. The third-order valence-corrected chi connectivity index (χ3v) is 9.82. The molecule has 1 aliphatic heterocycles. The van der Waals surface area contributed by atoms with E-state index >= 15 is 0 Å². The average molecular weight is 524 g/mol. The van der Waals surface area contributed by atoms with Gasteiger partial charge in [-0.1, -0.05) is 42.5 Å². The van der Waals surface area contributed by atoms with E-state index in [9.17, 15) is 9.36 Å². The maximum Gasteiger partial charge on any atom is 0.361 e. The molecule has 3 aromatic carbocycles. The van der Waals surface area contributed by atoms with Gasteiger partial charge in [0.1, 0.15) is 5.25 Å². The molecule has 0 radical (unpaired) electrons. The SMILES string of the molecule is CCOP(=O)(OCC)c1ccc(Cc2ccccc2NC(=O)C2SCCc3cc(C)c(C)cc32)cc1. The number of benzene rings is 3. The molecule has 7 heteroatoms. The highest BCUT2D eigenvalue weighted by molar-refractivity contribution is 8.00. The lowest BCUT2D eigenvalue weighted by molar-refractivity contribution is -0.115. The number of carbonyl (C=O) groups excluding carboxylic acids is 1. The highest BCUT2D eigenvalue weighted by atomic mass is 32.2. The van der Waals surface area contributed by atoms with Crippen LogP contribution < -0.4 is 10.6 Å². The maximum atomic E-state index is 13.4. The Labute approximate surface area is 218 Å². The summed E-state index contributed by atoms with van der Waals surface area (Å²) >= 11 is 1.71. The predicted octanol–water partition coefficient (Wildman–Crippen LogP) is 6.75. The van der Waals surface area contributed by atoms with Crippen molar-refractivity contribution in [1.29, 1.82) is 0 Å². The molecule has 0 fully saturated rings. The van der Waals surface area contributed by atoms with Crippen LogP contribution in [-0.2, 0) is 31.2 Å². The van der Waals surface area contributed by atoms with Gasteiger partial charge in [0.2, 0.25) is 5.91 Å². The molecule has 1 amide bonds. The minimum Gasteiger partial charge on any atom is -0.325 e. The summed E-state index contributed by atoms with van der Waals surface area (Å²) in [6.07, 6.45) is 1.63. The molecule has 0 aromatic heterocycles. The van der Waals surface area contributed by atoms with Crippen molar-refractivity contribution >= 4 is 36.3 Å². The Morgan fingerprint density at radius 1 is 1.00 bits per heavy atom. The van der Waals surface area contributed by atoms with E-state index in [-0.39, 0.29) is 11.2 Å². The molecule has 0 spiro atoms. The molecule has 1 unspecified atom stereocenters. The molecule has 0 saturated heterocycles. The fourth-order valence-electron chi connectivity index (χ4n) is 4.49. The molecule has 190 valence electrons. The van der Waals surface area contributed by atoms with Gasteiger partial charge in [-0.2, -0.15) is 0 Å². The minimum atomic E-state index is -3.31. The molecular weight excluding hydrogens is 489 g/mol. The van der Waals surface area contributed by atoms with Crippen molar-refractivity contribution in [3.05, 3.63) is 94.0 Å². The third kappa shape index (κ3) is 5.95. The van der Waals surface area contributed by atoms with Crippen LogP contribution in [0.5, 0.6) is 0 Å². The fourth-order valence-corrected chi connectivity index (χ4v) is 7.24.